The number of carbonyl (C=O) groups is 1. The lowest BCUT2D eigenvalue weighted by molar-refractivity contribution is -0.139. The molecular weight excluding hydrogens is 403 g/mol. The van der Waals surface area contributed by atoms with Crippen molar-refractivity contribution in [2.75, 3.05) is 5.75 Å². The van der Waals surface area contributed by atoms with Gasteiger partial charge in [0.2, 0.25) is 0 Å². The van der Waals surface area contributed by atoms with Crippen molar-refractivity contribution in [2.45, 2.75) is 69.5 Å². The van der Waals surface area contributed by atoms with Crippen LogP contribution < -0.4 is 0 Å². The second kappa shape index (κ2) is 10.9. The van der Waals surface area contributed by atoms with Crippen LogP contribution in [-0.4, -0.2) is 39.2 Å². The van der Waals surface area contributed by atoms with Crippen LogP contribution in [0.1, 0.15) is 63.5 Å². The summed E-state index contributed by atoms with van der Waals surface area (Å²) in [6.07, 6.45) is -2.30. The largest absolute Gasteiger partial charge is 0.481 e. The molecule has 0 fully saturated rings. The molecule has 2 atom stereocenters. The second-order valence-corrected chi connectivity index (χ2v) is 9.29. The third-order valence-corrected chi connectivity index (χ3v) is 6.25. The van der Waals surface area contributed by atoms with Gasteiger partial charge in [-0.15, -0.1) is 11.8 Å². The first kappa shape index (κ1) is 24.4. The Morgan fingerprint density at radius 3 is 2.17 bits per heavy atom. The SMILES string of the molecule is CC(C)c1cc(-c2ccc(F)cc2)c(SC[C@@H](O)C[C@@H](O)CC(=O)O)c(C(C)C)c1. The maximum absolute atomic E-state index is 13.5. The summed E-state index contributed by atoms with van der Waals surface area (Å²) in [5, 5.41) is 28.9. The minimum absolute atomic E-state index is 0.00622. The molecule has 0 bridgehead atoms. The van der Waals surface area contributed by atoms with Crippen molar-refractivity contribution < 1.29 is 24.5 Å². The Hall–Kier alpha value is -1.89. The van der Waals surface area contributed by atoms with Crippen LogP contribution in [0, 0.1) is 5.82 Å². The first-order valence-corrected chi connectivity index (χ1v) is 11.2. The van der Waals surface area contributed by atoms with Gasteiger partial charge in [0.1, 0.15) is 5.82 Å². The second-order valence-electron chi connectivity index (χ2n) is 8.26. The van der Waals surface area contributed by atoms with E-state index in [1.165, 1.54) is 29.5 Å². The zero-order chi connectivity index (χ0) is 22.4. The lowest BCUT2D eigenvalue weighted by Gasteiger charge is -2.22. The van der Waals surface area contributed by atoms with Crippen molar-refractivity contribution in [1.29, 1.82) is 0 Å². The Morgan fingerprint density at radius 1 is 1.00 bits per heavy atom. The van der Waals surface area contributed by atoms with E-state index in [1.54, 1.807) is 12.1 Å². The van der Waals surface area contributed by atoms with Crippen molar-refractivity contribution in [3.8, 4) is 11.1 Å². The normalized spacial score (nSPS) is 13.6. The number of hydrogen-bond acceptors (Lipinski definition) is 4. The highest BCUT2D eigenvalue weighted by molar-refractivity contribution is 7.99. The Kier molecular flexibility index (Phi) is 8.89. The summed E-state index contributed by atoms with van der Waals surface area (Å²) in [6.45, 7) is 8.50. The molecule has 0 saturated carbocycles. The number of rotatable bonds is 10. The number of thioether (sulfide) groups is 1. The number of halogens is 1. The summed E-state index contributed by atoms with van der Waals surface area (Å²) in [7, 11) is 0. The molecule has 0 aliphatic rings. The van der Waals surface area contributed by atoms with E-state index >= 15 is 0 Å². The molecule has 0 amide bonds. The number of aliphatic carboxylic acids is 1. The molecule has 0 saturated heterocycles. The molecule has 2 aromatic rings. The van der Waals surface area contributed by atoms with Gasteiger partial charge >= 0.3 is 5.97 Å². The molecule has 0 heterocycles. The molecule has 0 spiro atoms. The fourth-order valence-electron chi connectivity index (χ4n) is 3.29. The standard InChI is InChI=1S/C24H31FO4S/c1-14(2)17-9-21(15(3)4)24(22(10-17)16-5-7-18(25)8-6-16)30-13-20(27)11-19(26)12-23(28)29/h5-10,14-15,19-20,26-27H,11-13H2,1-4H3,(H,28,29)/t19-,20+/m1/s1. The van der Waals surface area contributed by atoms with Gasteiger partial charge in [0, 0.05) is 17.1 Å². The van der Waals surface area contributed by atoms with E-state index in [9.17, 15) is 19.4 Å². The minimum Gasteiger partial charge on any atom is -0.481 e. The molecule has 0 radical (unpaired) electrons. The summed E-state index contributed by atoms with van der Waals surface area (Å²) < 4.78 is 13.5. The Balaban J connectivity index is 2.38. The molecule has 6 heteroatoms. The number of benzene rings is 2. The highest BCUT2D eigenvalue weighted by Crippen LogP contribution is 2.40. The summed E-state index contributed by atoms with van der Waals surface area (Å²) in [5.41, 5.74) is 4.25. The van der Waals surface area contributed by atoms with Gasteiger partial charge in [-0.25, -0.2) is 4.39 Å². The molecule has 30 heavy (non-hydrogen) atoms. The number of carboxylic acid groups (broad SMARTS) is 1. The van der Waals surface area contributed by atoms with Gasteiger partial charge in [-0.05, 0) is 52.3 Å². The maximum atomic E-state index is 13.5. The lowest BCUT2D eigenvalue weighted by atomic mass is 9.90. The van der Waals surface area contributed by atoms with Crippen molar-refractivity contribution in [2.24, 2.45) is 0 Å². The summed E-state index contributed by atoms with van der Waals surface area (Å²) in [4.78, 5) is 11.8. The summed E-state index contributed by atoms with van der Waals surface area (Å²) >= 11 is 1.49. The topological polar surface area (TPSA) is 77.8 Å². The third kappa shape index (κ3) is 6.83. The Labute approximate surface area is 182 Å². The van der Waals surface area contributed by atoms with Gasteiger partial charge in [0.25, 0.3) is 0 Å². The van der Waals surface area contributed by atoms with Crippen LogP contribution in [0.3, 0.4) is 0 Å². The fourth-order valence-corrected chi connectivity index (χ4v) is 4.58. The average Bonchev–Trinajstić information content (AvgIpc) is 2.65. The van der Waals surface area contributed by atoms with Gasteiger partial charge in [-0.3, -0.25) is 4.79 Å². The van der Waals surface area contributed by atoms with Crippen molar-refractivity contribution in [1.82, 2.24) is 0 Å². The quantitative estimate of drug-likeness (QED) is 0.435. The summed E-state index contributed by atoms with van der Waals surface area (Å²) in [5.74, 6) is -0.476. The van der Waals surface area contributed by atoms with E-state index in [1.807, 2.05) is 0 Å². The monoisotopic (exact) mass is 434 g/mol. The van der Waals surface area contributed by atoms with Gasteiger partial charge in [-0.1, -0.05) is 45.9 Å². The predicted molar refractivity (Wildman–Crippen MR) is 120 cm³/mol. The fraction of sp³-hybridized carbons (Fsp3) is 0.458. The molecule has 2 aromatic carbocycles. The van der Waals surface area contributed by atoms with Crippen LogP contribution in [0.5, 0.6) is 0 Å². The highest BCUT2D eigenvalue weighted by Gasteiger charge is 2.20. The van der Waals surface area contributed by atoms with E-state index in [0.29, 0.717) is 11.7 Å². The van der Waals surface area contributed by atoms with Crippen LogP contribution in [-0.2, 0) is 4.79 Å². The minimum atomic E-state index is -1.09. The molecule has 2 rings (SSSR count). The molecule has 3 N–H and O–H groups in total. The predicted octanol–water partition coefficient (Wildman–Crippen LogP) is 5.42. The van der Waals surface area contributed by atoms with Crippen LogP contribution >= 0.6 is 11.8 Å². The summed E-state index contributed by atoms with van der Waals surface area (Å²) in [6, 6.07) is 10.7. The highest BCUT2D eigenvalue weighted by atomic mass is 32.2. The number of carboxylic acids is 1. The van der Waals surface area contributed by atoms with Crippen molar-refractivity contribution in [3.63, 3.8) is 0 Å². The van der Waals surface area contributed by atoms with Crippen molar-refractivity contribution in [3.05, 3.63) is 53.3 Å². The Bertz CT molecular complexity index is 849. The molecule has 4 nitrogen and oxygen atoms in total. The first-order chi connectivity index (χ1) is 14.1. The van der Waals surface area contributed by atoms with Crippen LogP contribution in [0.4, 0.5) is 4.39 Å². The van der Waals surface area contributed by atoms with Gasteiger partial charge < -0.3 is 15.3 Å². The van der Waals surface area contributed by atoms with Crippen LogP contribution in [0.2, 0.25) is 0 Å². The zero-order valence-corrected chi connectivity index (χ0v) is 18.7. The van der Waals surface area contributed by atoms with E-state index in [0.717, 1.165) is 21.6 Å². The Morgan fingerprint density at radius 2 is 1.63 bits per heavy atom. The van der Waals surface area contributed by atoms with Gasteiger partial charge in [0.15, 0.2) is 0 Å². The van der Waals surface area contributed by atoms with Gasteiger partial charge in [0.05, 0.1) is 18.6 Å². The number of hydrogen-bond donors (Lipinski definition) is 3. The maximum Gasteiger partial charge on any atom is 0.305 e. The van der Waals surface area contributed by atoms with Gasteiger partial charge in [-0.2, -0.15) is 0 Å². The lowest BCUT2D eigenvalue weighted by Crippen LogP contribution is -2.22. The smallest absolute Gasteiger partial charge is 0.305 e. The number of aliphatic hydroxyl groups excluding tert-OH is 2. The first-order valence-electron chi connectivity index (χ1n) is 10.2. The van der Waals surface area contributed by atoms with E-state index in [4.69, 9.17) is 5.11 Å². The van der Waals surface area contributed by atoms with E-state index < -0.39 is 18.2 Å². The number of aliphatic hydroxyl groups is 2. The molecule has 0 aromatic heterocycles. The van der Waals surface area contributed by atoms with Crippen molar-refractivity contribution >= 4 is 17.7 Å². The zero-order valence-electron chi connectivity index (χ0n) is 17.9. The van der Waals surface area contributed by atoms with E-state index in [-0.39, 0.29) is 24.6 Å². The third-order valence-electron chi connectivity index (χ3n) is 4.96. The average molecular weight is 435 g/mol. The molecular formula is C24H31FO4S. The van der Waals surface area contributed by atoms with Crippen LogP contribution in [0.25, 0.3) is 11.1 Å². The van der Waals surface area contributed by atoms with E-state index in [2.05, 4.69) is 39.8 Å². The van der Waals surface area contributed by atoms with Crippen LogP contribution in [0.15, 0.2) is 41.3 Å². The molecule has 0 aliphatic carbocycles. The molecule has 0 unspecified atom stereocenters. The molecule has 0 aliphatic heterocycles. The molecule has 164 valence electrons.